The second-order valence-electron chi connectivity index (χ2n) is 11.1. The van der Waals surface area contributed by atoms with Crippen molar-refractivity contribution in [2.75, 3.05) is 38.2 Å². The highest BCUT2D eigenvalue weighted by atomic mass is 16.5. The van der Waals surface area contributed by atoms with E-state index < -0.39 is 0 Å². The van der Waals surface area contributed by atoms with E-state index in [0.29, 0.717) is 36.2 Å². The summed E-state index contributed by atoms with van der Waals surface area (Å²) in [6.07, 6.45) is 5.22. The number of H-pyrrole nitrogens is 1. The molecule has 1 saturated carbocycles. The Morgan fingerprint density at radius 2 is 1.93 bits per heavy atom. The van der Waals surface area contributed by atoms with E-state index in [2.05, 4.69) is 50.7 Å². The van der Waals surface area contributed by atoms with Crippen LogP contribution in [-0.2, 0) is 11.3 Å². The largest absolute Gasteiger partial charge is 0.375 e. The molecule has 1 unspecified atom stereocenters. The Morgan fingerprint density at radius 3 is 2.58 bits per heavy atom. The molecule has 2 fully saturated rings. The standard InChI is InChI=1S/C32H45N5O3/c1-6-37(26-12-10-25(33-5)11-13-26)30-18-24(8-7-9-27-19-34-14-15-40-27)17-28(23(30)4)31(38)35-20-29-21(2)16-22(3)36-32(29)39/h16-18,25-27,33-34H,6,9-15,19-20H2,1-5H3,(H,35,38)(H,36,39). The minimum Gasteiger partial charge on any atom is -0.375 e. The van der Waals surface area contributed by atoms with Crippen LogP contribution in [0.3, 0.4) is 0 Å². The van der Waals surface area contributed by atoms with Gasteiger partial charge in [-0.1, -0.05) is 11.8 Å². The Hall–Kier alpha value is -3.12. The third-order valence-electron chi connectivity index (χ3n) is 8.31. The van der Waals surface area contributed by atoms with E-state index in [4.69, 9.17) is 4.74 Å². The Balaban J connectivity index is 1.62. The zero-order valence-electron chi connectivity index (χ0n) is 24.7. The van der Waals surface area contributed by atoms with E-state index in [1.54, 1.807) is 0 Å². The third kappa shape index (κ3) is 7.34. The molecule has 2 aromatic rings. The Bertz CT molecular complexity index is 1290. The first-order valence-electron chi connectivity index (χ1n) is 14.7. The van der Waals surface area contributed by atoms with Crippen LogP contribution in [0, 0.1) is 32.6 Å². The summed E-state index contributed by atoms with van der Waals surface area (Å²) in [5.74, 6) is 6.42. The lowest BCUT2D eigenvalue weighted by molar-refractivity contribution is 0.0322. The molecule has 8 heteroatoms. The topological polar surface area (TPSA) is 98.5 Å². The van der Waals surface area contributed by atoms with Crippen LogP contribution in [0.4, 0.5) is 5.69 Å². The quantitative estimate of drug-likeness (QED) is 0.379. The summed E-state index contributed by atoms with van der Waals surface area (Å²) in [6.45, 7) is 11.4. The number of aryl methyl sites for hydroxylation is 2. The number of amides is 1. The minimum atomic E-state index is -0.198. The lowest BCUT2D eigenvalue weighted by Crippen LogP contribution is -2.42. The molecule has 1 aromatic heterocycles. The van der Waals surface area contributed by atoms with Crippen LogP contribution < -0.4 is 26.4 Å². The van der Waals surface area contributed by atoms with E-state index in [0.717, 1.165) is 73.4 Å². The van der Waals surface area contributed by atoms with Gasteiger partial charge in [0.25, 0.3) is 11.5 Å². The molecule has 0 bridgehead atoms. The molecule has 40 heavy (non-hydrogen) atoms. The number of anilines is 1. The number of hydrogen-bond donors (Lipinski definition) is 4. The van der Waals surface area contributed by atoms with Gasteiger partial charge in [0.2, 0.25) is 0 Å². The van der Waals surface area contributed by atoms with Crippen LogP contribution >= 0.6 is 0 Å². The lowest BCUT2D eigenvalue weighted by atomic mass is 9.89. The fourth-order valence-electron chi connectivity index (χ4n) is 5.99. The predicted molar refractivity (Wildman–Crippen MR) is 161 cm³/mol. The average Bonchev–Trinajstić information content (AvgIpc) is 2.95. The summed E-state index contributed by atoms with van der Waals surface area (Å²) in [6, 6.07) is 6.94. The van der Waals surface area contributed by atoms with Gasteiger partial charge < -0.3 is 30.6 Å². The first kappa shape index (κ1) is 29.9. The molecule has 1 atom stereocenters. The van der Waals surface area contributed by atoms with Crippen LogP contribution in [-0.4, -0.2) is 62.4 Å². The van der Waals surface area contributed by atoms with Gasteiger partial charge >= 0.3 is 0 Å². The summed E-state index contributed by atoms with van der Waals surface area (Å²) in [4.78, 5) is 31.4. The molecule has 4 N–H and O–H groups in total. The molecule has 1 aliphatic heterocycles. The zero-order chi connectivity index (χ0) is 28.6. The summed E-state index contributed by atoms with van der Waals surface area (Å²) in [5, 5.41) is 9.78. The number of benzene rings is 1. The maximum atomic E-state index is 13.6. The molecule has 0 radical (unpaired) electrons. The first-order valence-corrected chi connectivity index (χ1v) is 14.7. The van der Waals surface area contributed by atoms with Gasteiger partial charge in [-0.2, -0.15) is 0 Å². The van der Waals surface area contributed by atoms with Crippen molar-refractivity contribution in [2.45, 2.75) is 84.5 Å². The second kappa shape index (κ2) is 14.0. The molecule has 1 aromatic carbocycles. The molecule has 0 spiro atoms. The van der Waals surface area contributed by atoms with Gasteiger partial charge in [0, 0.05) is 72.8 Å². The van der Waals surface area contributed by atoms with Crippen LogP contribution in [0.15, 0.2) is 23.0 Å². The van der Waals surface area contributed by atoms with Crippen molar-refractivity contribution in [3.63, 3.8) is 0 Å². The van der Waals surface area contributed by atoms with Gasteiger partial charge in [0.05, 0.1) is 12.7 Å². The molecular weight excluding hydrogens is 502 g/mol. The number of aromatic amines is 1. The van der Waals surface area contributed by atoms with Crippen molar-refractivity contribution < 1.29 is 9.53 Å². The SMILES string of the molecule is CCN(c1cc(C#CCC2CNCCO2)cc(C(=O)NCc2c(C)cc(C)[nH]c2=O)c1C)C1CCC(NC)CC1. The van der Waals surface area contributed by atoms with E-state index in [9.17, 15) is 9.59 Å². The molecule has 2 heterocycles. The van der Waals surface area contributed by atoms with Crippen LogP contribution in [0.1, 0.15) is 77.3 Å². The third-order valence-corrected chi connectivity index (χ3v) is 8.31. The van der Waals surface area contributed by atoms with Crippen molar-refractivity contribution in [3.05, 3.63) is 62.1 Å². The highest BCUT2D eigenvalue weighted by Crippen LogP contribution is 2.32. The fourth-order valence-corrected chi connectivity index (χ4v) is 5.99. The van der Waals surface area contributed by atoms with Crippen LogP contribution in [0.5, 0.6) is 0 Å². The van der Waals surface area contributed by atoms with E-state index in [-0.39, 0.29) is 24.1 Å². The molecular formula is C32H45N5O3. The predicted octanol–water partition coefficient (Wildman–Crippen LogP) is 3.32. The van der Waals surface area contributed by atoms with E-state index in [1.165, 1.54) is 0 Å². The number of nitrogens with zero attached hydrogens (tertiary/aromatic N) is 1. The van der Waals surface area contributed by atoms with E-state index >= 15 is 0 Å². The van der Waals surface area contributed by atoms with Crippen molar-refractivity contribution in [1.29, 1.82) is 0 Å². The van der Waals surface area contributed by atoms with Gasteiger partial charge in [-0.3, -0.25) is 9.59 Å². The summed E-state index contributed by atoms with van der Waals surface area (Å²) in [7, 11) is 2.04. The molecule has 2 aliphatic rings. The van der Waals surface area contributed by atoms with Crippen LogP contribution in [0.2, 0.25) is 0 Å². The number of pyridine rings is 1. The normalized spacial score (nSPS) is 20.9. The summed E-state index contributed by atoms with van der Waals surface area (Å²) >= 11 is 0. The van der Waals surface area contributed by atoms with Crippen LogP contribution in [0.25, 0.3) is 0 Å². The number of carbonyl (C=O) groups excluding carboxylic acids is 1. The zero-order valence-corrected chi connectivity index (χ0v) is 24.7. The minimum absolute atomic E-state index is 0.0827. The number of ether oxygens (including phenoxy) is 1. The van der Waals surface area contributed by atoms with Gasteiger partial charge in [-0.15, -0.1) is 0 Å². The number of aromatic nitrogens is 1. The number of hydrogen-bond acceptors (Lipinski definition) is 6. The maximum Gasteiger partial charge on any atom is 0.253 e. The van der Waals surface area contributed by atoms with Crippen molar-refractivity contribution >= 4 is 11.6 Å². The Labute approximate surface area is 238 Å². The number of carbonyl (C=O) groups is 1. The first-order chi connectivity index (χ1) is 19.3. The molecule has 8 nitrogen and oxygen atoms in total. The second-order valence-corrected chi connectivity index (χ2v) is 11.1. The smallest absolute Gasteiger partial charge is 0.253 e. The fraction of sp³-hybridized carbons (Fsp3) is 0.562. The Morgan fingerprint density at radius 1 is 1.15 bits per heavy atom. The molecule has 1 amide bonds. The number of rotatable bonds is 8. The number of morpholine rings is 1. The highest BCUT2D eigenvalue weighted by molar-refractivity contribution is 5.97. The molecule has 216 valence electrons. The van der Waals surface area contributed by atoms with Crippen molar-refractivity contribution in [2.24, 2.45) is 0 Å². The molecule has 4 rings (SSSR count). The van der Waals surface area contributed by atoms with Crippen molar-refractivity contribution in [1.82, 2.24) is 20.9 Å². The highest BCUT2D eigenvalue weighted by Gasteiger charge is 2.27. The average molecular weight is 548 g/mol. The van der Waals surface area contributed by atoms with Gasteiger partial charge in [-0.25, -0.2) is 0 Å². The van der Waals surface area contributed by atoms with Gasteiger partial charge in [0.1, 0.15) is 0 Å². The summed E-state index contributed by atoms with van der Waals surface area (Å²) < 4.78 is 5.80. The Kier molecular flexibility index (Phi) is 10.4. The monoisotopic (exact) mass is 547 g/mol. The molecule has 1 saturated heterocycles. The van der Waals surface area contributed by atoms with Gasteiger partial charge in [0.15, 0.2) is 0 Å². The van der Waals surface area contributed by atoms with Crippen molar-refractivity contribution in [3.8, 4) is 11.8 Å². The lowest BCUT2D eigenvalue weighted by Gasteiger charge is -2.39. The van der Waals surface area contributed by atoms with E-state index in [1.807, 2.05) is 40.0 Å². The maximum absolute atomic E-state index is 13.6. The summed E-state index contributed by atoms with van der Waals surface area (Å²) in [5.41, 5.74) is 5.51. The molecule has 1 aliphatic carbocycles. The van der Waals surface area contributed by atoms with Gasteiger partial charge in [-0.05, 0) is 89.8 Å². The number of nitrogens with one attached hydrogen (secondary N) is 4.